The van der Waals surface area contributed by atoms with Crippen LogP contribution in [0.15, 0.2) is 0 Å². The molecule has 0 heterocycles. The standard InChI is InChI=1S/C3H7F.H3O4P/c1-3(2)4;1-5(2,3)4/h3H,1-2H3;(H3,1,2,3,4). The molecular weight excluding hydrogens is 150 g/mol. The lowest BCUT2D eigenvalue weighted by atomic mass is 10.5. The van der Waals surface area contributed by atoms with Crippen LogP contribution in [0.4, 0.5) is 4.39 Å². The van der Waals surface area contributed by atoms with Gasteiger partial charge in [-0.05, 0) is 13.8 Å². The van der Waals surface area contributed by atoms with Crippen LogP contribution in [0.25, 0.3) is 0 Å². The second kappa shape index (κ2) is 4.88. The molecule has 0 bridgehead atoms. The summed E-state index contributed by atoms with van der Waals surface area (Å²) in [7, 11) is -4.64. The Kier molecular flexibility index (Phi) is 6.39. The van der Waals surface area contributed by atoms with Crippen molar-refractivity contribution in [1.82, 2.24) is 0 Å². The molecule has 0 spiro atoms. The van der Waals surface area contributed by atoms with Gasteiger partial charge in [-0.15, -0.1) is 0 Å². The van der Waals surface area contributed by atoms with Crippen LogP contribution < -0.4 is 0 Å². The first-order valence-corrected chi connectivity index (χ1v) is 3.72. The summed E-state index contributed by atoms with van der Waals surface area (Å²) in [5.41, 5.74) is 0. The maximum absolute atomic E-state index is 11.0. The van der Waals surface area contributed by atoms with E-state index < -0.39 is 14.0 Å². The van der Waals surface area contributed by atoms with Crippen molar-refractivity contribution in [3.05, 3.63) is 0 Å². The third-order valence-corrected chi connectivity index (χ3v) is 0. The van der Waals surface area contributed by atoms with Gasteiger partial charge in [0.25, 0.3) is 0 Å². The molecule has 4 nitrogen and oxygen atoms in total. The first-order valence-electron chi connectivity index (χ1n) is 2.16. The summed E-state index contributed by atoms with van der Waals surface area (Å²) in [5, 5.41) is 0. The molecule has 0 aliphatic heterocycles. The Labute approximate surface area is 52.6 Å². The zero-order chi connectivity index (χ0) is 8.08. The van der Waals surface area contributed by atoms with E-state index in [-0.39, 0.29) is 0 Å². The molecule has 0 amide bonds. The van der Waals surface area contributed by atoms with Gasteiger partial charge < -0.3 is 14.7 Å². The van der Waals surface area contributed by atoms with Crippen molar-refractivity contribution in [2.75, 3.05) is 0 Å². The molecule has 0 aromatic heterocycles. The predicted octanol–water partition coefficient (Wildman–Crippen LogP) is 0.436. The van der Waals surface area contributed by atoms with Gasteiger partial charge in [0.15, 0.2) is 0 Å². The highest BCUT2D eigenvalue weighted by atomic mass is 31.2. The lowest BCUT2D eigenvalue weighted by Gasteiger charge is -1.82. The Morgan fingerprint density at radius 3 is 1.33 bits per heavy atom. The van der Waals surface area contributed by atoms with Gasteiger partial charge in [0.1, 0.15) is 0 Å². The van der Waals surface area contributed by atoms with Crippen LogP contribution in [-0.4, -0.2) is 20.9 Å². The summed E-state index contributed by atoms with van der Waals surface area (Å²) < 4.78 is 19.9. The Morgan fingerprint density at radius 2 is 1.33 bits per heavy atom. The molecule has 0 fully saturated rings. The van der Waals surface area contributed by atoms with E-state index in [9.17, 15) is 4.39 Å². The zero-order valence-corrected chi connectivity index (χ0v) is 6.05. The highest BCUT2D eigenvalue weighted by Gasteiger charge is 2.00. The van der Waals surface area contributed by atoms with Crippen LogP contribution in [0.2, 0.25) is 0 Å². The van der Waals surface area contributed by atoms with Crippen molar-refractivity contribution in [3.63, 3.8) is 0 Å². The third kappa shape index (κ3) is 183000. The molecule has 0 rings (SSSR count). The monoisotopic (exact) mass is 160 g/mol. The van der Waals surface area contributed by atoms with Crippen molar-refractivity contribution in [2.45, 2.75) is 20.0 Å². The van der Waals surface area contributed by atoms with Crippen LogP contribution in [0, 0.1) is 0 Å². The molecule has 0 unspecified atom stereocenters. The van der Waals surface area contributed by atoms with Gasteiger partial charge in [-0.3, -0.25) is 0 Å². The molecule has 0 aliphatic rings. The van der Waals surface area contributed by atoms with E-state index in [1.54, 1.807) is 0 Å². The van der Waals surface area contributed by atoms with Crippen LogP contribution >= 0.6 is 7.82 Å². The summed E-state index contributed by atoms with van der Waals surface area (Å²) in [4.78, 5) is 21.6. The van der Waals surface area contributed by atoms with Crippen molar-refractivity contribution in [3.8, 4) is 0 Å². The molecular formula is C3H10FO4P. The maximum Gasteiger partial charge on any atom is 0.466 e. The van der Waals surface area contributed by atoms with E-state index in [2.05, 4.69) is 0 Å². The second-order valence-corrected chi connectivity index (χ2v) is 2.55. The minimum absolute atomic E-state index is 0.667. The SMILES string of the molecule is CC(C)F.O=P(O)(O)O. The molecule has 0 aromatic carbocycles. The Bertz CT molecular complexity index is 87.0. The number of phosphoric acid groups is 1. The molecule has 0 atom stereocenters. The van der Waals surface area contributed by atoms with Crippen molar-refractivity contribution in [1.29, 1.82) is 0 Å². The first kappa shape index (κ1) is 11.8. The molecule has 0 radical (unpaired) electrons. The molecule has 0 aliphatic carbocycles. The largest absolute Gasteiger partial charge is 0.466 e. The number of hydrogen-bond donors (Lipinski definition) is 3. The Balaban J connectivity index is 0. The quantitative estimate of drug-likeness (QED) is 0.449. The normalized spacial score (nSPS) is 10.6. The van der Waals surface area contributed by atoms with Gasteiger partial charge >= 0.3 is 7.82 Å². The van der Waals surface area contributed by atoms with E-state index >= 15 is 0 Å². The first-order chi connectivity index (χ1) is 3.73. The fourth-order valence-electron chi connectivity index (χ4n) is 0. The van der Waals surface area contributed by atoms with E-state index in [1.165, 1.54) is 13.8 Å². The average molecular weight is 160 g/mol. The maximum atomic E-state index is 11.0. The van der Waals surface area contributed by atoms with Crippen LogP contribution in [-0.2, 0) is 4.57 Å². The van der Waals surface area contributed by atoms with Gasteiger partial charge in [0.2, 0.25) is 0 Å². The second-order valence-electron chi connectivity index (χ2n) is 1.53. The lowest BCUT2D eigenvalue weighted by Crippen LogP contribution is -1.73. The Hall–Kier alpha value is 0.0400. The summed E-state index contributed by atoms with van der Waals surface area (Å²) >= 11 is 0. The Morgan fingerprint density at radius 1 is 1.33 bits per heavy atom. The van der Waals surface area contributed by atoms with Gasteiger partial charge in [-0.25, -0.2) is 8.96 Å². The number of halogens is 1. The van der Waals surface area contributed by atoms with E-state index in [0.29, 0.717) is 0 Å². The minimum atomic E-state index is -4.64. The fraction of sp³-hybridized carbons (Fsp3) is 1.00. The zero-order valence-electron chi connectivity index (χ0n) is 5.15. The molecule has 0 saturated carbocycles. The van der Waals surface area contributed by atoms with E-state index in [4.69, 9.17) is 19.2 Å². The summed E-state index contributed by atoms with van der Waals surface area (Å²) in [6.07, 6.45) is -0.667. The summed E-state index contributed by atoms with van der Waals surface area (Å²) in [5.74, 6) is 0. The number of rotatable bonds is 0. The highest BCUT2D eigenvalue weighted by molar-refractivity contribution is 7.45. The average Bonchev–Trinajstić information content (AvgIpc) is 1.19. The van der Waals surface area contributed by atoms with Gasteiger partial charge in [0.05, 0.1) is 6.17 Å². The summed E-state index contributed by atoms with van der Waals surface area (Å²) in [6, 6.07) is 0. The minimum Gasteiger partial charge on any atom is -0.303 e. The van der Waals surface area contributed by atoms with Crippen LogP contribution in [0.3, 0.4) is 0 Å². The van der Waals surface area contributed by atoms with Crippen molar-refractivity contribution < 1.29 is 23.6 Å². The van der Waals surface area contributed by atoms with E-state index in [0.717, 1.165) is 0 Å². The molecule has 9 heavy (non-hydrogen) atoms. The fourth-order valence-corrected chi connectivity index (χ4v) is 0. The molecule has 6 heteroatoms. The van der Waals surface area contributed by atoms with Crippen molar-refractivity contribution in [2.24, 2.45) is 0 Å². The summed E-state index contributed by atoms with van der Waals surface area (Å²) in [6.45, 7) is 3.00. The topological polar surface area (TPSA) is 77.8 Å². The third-order valence-electron chi connectivity index (χ3n) is 0. The lowest BCUT2D eigenvalue weighted by molar-refractivity contribution is 0.275. The van der Waals surface area contributed by atoms with Crippen molar-refractivity contribution >= 4 is 7.82 Å². The van der Waals surface area contributed by atoms with Gasteiger partial charge in [0, 0.05) is 0 Å². The van der Waals surface area contributed by atoms with Gasteiger partial charge in [-0.1, -0.05) is 0 Å². The van der Waals surface area contributed by atoms with Crippen LogP contribution in [0.1, 0.15) is 13.8 Å². The van der Waals surface area contributed by atoms with Crippen LogP contribution in [0.5, 0.6) is 0 Å². The highest BCUT2D eigenvalue weighted by Crippen LogP contribution is 2.25. The molecule has 58 valence electrons. The molecule has 3 N–H and O–H groups in total. The molecule has 0 aromatic rings. The predicted molar refractivity (Wildman–Crippen MR) is 30.5 cm³/mol. The molecule has 0 saturated heterocycles. The number of alkyl halides is 1. The number of hydrogen-bond acceptors (Lipinski definition) is 1. The van der Waals surface area contributed by atoms with E-state index in [1.807, 2.05) is 0 Å². The van der Waals surface area contributed by atoms with Gasteiger partial charge in [-0.2, -0.15) is 0 Å². The smallest absolute Gasteiger partial charge is 0.303 e.